The van der Waals surface area contributed by atoms with E-state index in [4.69, 9.17) is 4.42 Å². The first-order valence-corrected chi connectivity index (χ1v) is 29.7. The summed E-state index contributed by atoms with van der Waals surface area (Å²) < 4.78 is 12.1. The maximum Gasteiger partial charge on any atom is 0.136 e. The Balaban J connectivity index is 0.881. The normalized spacial score (nSPS) is 12.3. The van der Waals surface area contributed by atoms with Crippen molar-refractivity contribution >= 4 is 141 Å². The van der Waals surface area contributed by atoms with E-state index in [-0.39, 0.29) is 10.8 Å². The van der Waals surface area contributed by atoms with E-state index in [1.807, 2.05) is 22.7 Å². The first-order chi connectivity index (χ1) is 39.4. The molecule has 0 spiro atoms. The predicted octanol–water partition coefficient (Wildman–Crippen LogP) is 23.5. The second-order valence-electron chi connectivity index (χ2n) is 23.7. The summed E-state index contributed by atoms with van der Waals surface area (Å²) in [6.45, 7) is 13.7. The third-order valence-corrected chi connectivity index (χ3v) is 18.9. The van der Waals surface area contributed by atoms with E-state index in [0.717, 1.165) is 77.6 Å². The summed E-state index contributed by atoms with van der Waals surface area (Å²) in [7, 11) is 0. The van der Waals surface area contributed by atoms with Crippen molar-refractivity contribution in [2.45, 2.75) is 52.4 Å². The van der Waals surface area contributed by atoms with Crippen molar-refractivity contribution in [1.29, 1.82) is 0 Å². The zero-order chi connectivity index (χ0) is 54.7. The van der Waals surface area contributed by atoms with Gasteiger partial charge in [-0.1, -0.05) is 187 Å². The Morgan fingerprint density at radius 1 is 0.309 bits per heavy atom. The highest BCUT2D eigenvalue weighted by atomic mass is 32.1. The number of furan rings is 1. The molecule has 0 bridgehead atoms. The van der Waals surface area contributed by atoms with Crippen LogP contribution in [0.15, 0.2) is 247 Å². The van der Waals surface area contributed by atoms with Gasteiger partial charge in [0.05, 0.1) is 11.4 Å². The second-order valence-corrected chi connectivity index (χ2v) is 25.8. The molecular weight excluding hydrogens is 1020 g/mol. The zero-order valence-electron chi connectivity index (χ0n) is 46.2. The molecule has 0 unspecified atom stereocenters. The van der Waals surface area contributed by atoms with Gasteiger partial charge in [-0.25, -0.2) is 0 Å². The van der Waals surface area contributed by atoms with Crippen LogP contribution in [-0.4, -0.2) is 0 Å². The molecule has 5 heteroatoms. The highest BCUT2D eigenvalue weighted by Crippen LogP contribution is 2.52. The van der Waals surface area contributed by atoms with E-state index >= 15 is 0 Å². The minimum absolute atomic E-state index is 0.0191. The lowest BCUT2D eigenvalue weighted by atomic mass is 9.87. The molecule has 0 aliphatic heterocycles. The maximum absolute atomic E-state index is 6.98. The van der Waals surface area contributed by atoms with E-state index in [1.54, 1.807) is 0 Å². The first-order valence-electron chi connectivity index (χ1n) is 28.0. The molecule has 0 amide bonds. The van der Waals surface area contributed by atoms with Crippen molar-refractivity contribution in [3.8, 4) is 22.3 Å². The van der Waals surface area contributed by atoms with Gasteiger partial charge in [0.15, 0.2) is 0 Å². The lowest BCUT2D eigenvalue weighted by Crippen LogP contribution is -2.14. The van der Waals surface area contributed by atoms with E-state index < -0.39 is 0 Å². The third kappa shape index (κ3) is 8.37. The average molecular weight is 1080 g/mol. The van der Waals surface area contributed by atoms with Gasteiger partial charge in [-0.05, 0) is 152 Å². The molecule has 15 rings (SSSR count). The smallest absolute Gasteiger partial charge is 0.136 e. The molecule has 3 nitrogen and oxygen atoms in total. The molecule has 0 saturated heterocycles. The van der Waals surface area contributed by atoms with Crippen LogP contribution in [-0.2, 0) is 10.8 Å². The molecular formula is C76H58N2OS2. The van der Waals surface area contributed by atoms with E-state index in [2.05, 4.69) is 294 Å². The highest BCUT2D eigenvalue weighted by molar-refractivity contribution is 7.26. The number of rotatable bonds is 8. The van der Waals surface area contributed by atoms with Crippen LogP contribution >= 0.6 is 22.7 Å². The summed E-state index contributed by atoms with van der Waals surface area (Å²) in [6, 6.07) is 90.1. The largest absolute Gasteiger partial charge is 0.456 e. The van der Waals surface area contributed by atoms with Gasteiger partial charge >= 0.3 is 0 Å². The Kier molecular flexibility index (Phi) is 11.4. The Labute approximate surface area is 480 Å². The van der Waals surface area contributed by atoms with Crippen LogP contribution < -0.4 is 9.80 Å². The molecule has 0 saturated carbocycles. The van der Waals surface area contributed by atoms with Crippen molar-refractivity contribution in [3.63, 3.8) is 0 Å². The highest BCUT2D eigenvalue weighted by Gasteiger charge is 2.26. The fourth-order valence-corrected chi connectivity index (χ4v) is 14.8. The number of anilines is 6. The fourth-order valence-electron chi connectivity index (χ4n) is 12.3. The predicted molar refractivity (Wildman–Crippen MR) is 352 cm³/mol. The number of benzene rings is 12. The molecule has 12 aromatic carbocycles. The maximum atomic E-state index is 6.98. The van der Waals surface area contributed by atoms with Gasteiger partial charge in [-0.15, -0.1) is 22.7 Å². The van der Waals surface area contributed by atoms with Crippen LogP contribution in [0.4, 0.5) is 34.1 Å². The summed E-state index contributed by atoms with van der Waals surface area (Å²) in [5, 5.41) is 11.9. The first kappa shape index (κ1) is 49.1. The molecule has 0 aliphatic carbocycles. The van der Waals surface area contributed by atoms with E-state index in [1.165, 1.54) is 73.7 Å². The quantitative estimate of drug-likeness (QED) is 0.151. The van der Waals surface area contributed by atoms with Gasteiger partial charge in [-0.3, -0.25) is 0 Å². The lowest BCUT2D eigenvalue weighted by Gasteiger charge is -2.29. The third-order valence-electron chi connectivity index (χ3n) is 16.5. The molecule has 3 heterocycles. The van der Waals surface area contributed by atoms with Crippen LogP contribution in [0.3, 0.4) is 0 Å². The fraction of sp³-hybridized carbons (Fsp3) is 0.105. The molecule has 0 N–H and O–H groups in total. The van der Waals surface area contributed by atoms with Gasteiger partial charge in [0.1, 0.15) is 11.2 Å². The van der Waals surface area contributed by atoms with Crippen molar-refractivity contribution < 1.29 is 4.42 Å². The number of nitrogens with zero attached hydrogens (tertiary/aromatic N) is 2. The Morgan fingerprint density at radius 2 is 0.691 bits per heavy atom. The van der Waals surface area contributed by atoms with Crippen molar-refractivity contribution in [2.75, 3.05) is 9.80 Å². The van der Waals surface area contributed by atoms with Crippen molar-refractivity contribution in [1.82, 2.24) is 0 Å². The number of thiophene rings is 2. The minimum atomic E-state index is 0.0191. The Morgan fingerprint density at radius 3 is 1.10 bits per heavy atom. The molecule has 81 heavy (non-hydrogen) atoms. The number of hydrogen-bond donors (Lipinski definition) is 0. The summed E-state index contributed by atoms with van der Waals surface area (Å²) in [6.07, 6.45) is 0. The lowest BCUT2D eigenvalue weighted by molar-refractivity contribution is 0.590. The van der Waals surface area contributed by atoms with Gasteiger partial charge in [-0.2, -0.15) is 0 Å². The molecule has 15 aromatic rings. The standard InChI is InChI=1S/C76H58N2OS2/c1-75(2,3)53-27-33-55(34-28-53)77(65-39-37-61-59-21-13-15-23-69(59)80-73(61)71(65)47-17-9-7-10-18-47)57-31-25-49-43-63-64-44-50-26-32-58(42-52(50)46-68(64)79-67(63)45-51(49)41-57)78(56-35-29-54(30-36-56)76(4,5)6)66-40-38-62-60-22-14-16-24-70(60)81-74(62)72(66)48-19-11-8-12-20-48/h7-46H,1-6H3. The van der Waals surface area contributed by atoms with Gasteiger partial charge < -0.3 is 14.2 Å². The van der Waals surface area contributed by atoms with Crippen LogP contribution in [0, 0.1) is 0 Å². The minimum Gasteiger partial charge on any atom is -0.456 e. The topological polar surface area (TPSA) is 19.6 Å². The van der Waals surface area contributed by atoms with Crippen LogP contribution in [0.1, 0.15) is 52.7 Å². The van der Waals surface area contributed by atoms with Crippen molar-refractivity contribution in [2.24, 2.45) is 0 Å². The van der Waals surface area contributed by atoms with Crippen LogP contribution in [0.5, 0.6) is 0 Å². The molecule has 390 valence electrons. The van der Waals surface area contributed by atoms with Gasteiger partial charge in [0.25, 0.3) is 0 Å². The average Bonchev–Trinajstić information content (AvgIpc) is 4.41. The zero-order valence-corrected chi connectivity index (χ0v) is 47.8. The molecule has 0 radical (unpaired) electrons. The molecule has 3 aromatic heterocycles. The number of hydrogen-bond acceptors (Lipinski definition) is 5. The molecule has 0 fully saturated rings. The Hall–Kier alpha value is -9.00. The van der Waals surface area contributed by atoms with Gasteiger partial charge in [0, 0.05) is 85.0 Å². The monoisotopic (exact) mass is 1080 g/mol. The van der Waals surface area contributed by atoms with Crippen LogP contribution in [0.2, 0.25) is 0 Å². The van der Waals surface area contributed by atoms with Crippen LogP contribution in [0.25, 0.3) is 106 Å². The summed E-state index contributed by atoms with van der Waals surface area (Å²) in [5.74, 6) is 0. The van der Waals surface area contributed by atoms with Gasteiger partial charge in [0.2, 0.25) is 0 Å². The van der Waals surface area contributed by atoms with E-state index in [9.17, 15) is 0 Å². The summed E-state index contributed by atoms with van der Waals surface area (Å²) >= 11 is 3.76. The Bertz CT molecular complexity index is 4630. The molecule has 0 atom stereocenters. The van der Waals surface area contributed by atoms with Crippen molar-refractivity contribution in [3.05, 3.63) is 254 Å². The molecule has 0 aliphatic rings. The SMILES string of the molecule is CC(C)(C)c1ccc(N(c2ccc3cc4c(cc3c2)oc2cc3cc(N(c5ccc(C(C)(C)C)cc5)c5ccc6c(sc7ccccc76)c5-c5ccccc5)ccc3cc24)c2ccc3c(sc4ccccc43)c2-c2ccccc2)cc1. The second kappa shape index (κ2) is 18.8. The number of fused-ring (bicyclic) bond motifs is 11. The summed E-state index contributed by atoms with van der Waals surface area (Å²) in [4.78, 5) is 4.91. The van der Waals surface area contributed by atoms with E-state index in [0.29, 0.717) is 0 Å². The summed E-state index contributed by atoms with van der Waals surface area (Å²) in [5.41, 5.74) is 15.9.